The number of carbonyl (C=O) groups is 2. The zero-order valence-electron chi connectivity index (χ0n) is 13.6. The van der Waals surface area contributed by atoms with Gasteiger partial charge in [-0.3, -0.25) is 4.79 Å². The van der Waals surface area contributed by atoms with E-state index in [1.54, 1.807) is 23.5 Å². The van der Waals surface area contributed by atoms with Gasteiger partial charge in [-0.2, -0.15) is 0 Å². The van der Waals surface area contributed by atoms with Crippen molar-refractivity contribution in [2.24, 2.45) is 11.8 Å². The predicted molar refractivity (Wildman–Crippen MR) is 89.6 cm³/mol. The topological polar surface area (TPSA) is 81.1 Å². The number of aliphatic hydroxyl groups excluding tert-OH is 1. The second kappa shape index (κ2) is 7.90. The Morgan fingerprint density at radius 3 is 2.52 bits per heavy atom. The van der Waals surface area contributed by atoms with Crippen LogP contribution < -0.4 is 5.01 Å². The largest absolute Gasteiger partial charge is 0.477 e. The molecule has 1 aliphatic rings. The van der Waals surface area contributed by atoms with Gasteiger partial charge in [-0.05, 0) is 43.0 Å². The van der Waals surface area contributed by atoms with Gasteiger partial charge in [0.15, 0.2) is 0 Å². The Morgan fingerprint density at radius 1 is 1.30 bits per heavy atom. The Balaban J connectivity index is 2.28. The molecule has 7 heteroatoms. The number of carboxylic acid groups (broad SMARTS) is 1. The second-order valence-electron chi connectivity index (χ2n) is 6.15. The maximum absolute atomic E-state index is 13.0. The lowest BCUT2D eigenvalue weighted by molar-refractivity contribution is -0.126. The normalized spacial score (nSPS) is 21.4. The molecule has 0 aliphatic heterocycles. The van der Waals surface area contributed by atoms with Crippen molar-refractivity contribution in [1.29, 1.82) is 0 Å². The van der Waals surface area contributed by atoms with Crippen LogP contribution in [0.4, 0.5) is 5.69 Å². The third kappa shape index (κ3) is 4.10. The van der Waals surface area contributed by atoms with E-state index >= 15 is 0 Å². The molecule has 0 atom stereocenters. The van der Waals surface area contributed by atoms with Gasteiger partial charge >= 0.3 is 5.97 Å². The van der Waals surface area contributed by atoms with Gasteiger partial charge in [0.1, 0.15) is 4.88 Å². The molecule has 0 bridgehead atoms. The number of hydrazine groups is 1. The first-order valence-electron chi connectivity index (χ1n) is 7.92. The van der Waals surface area contributed by atoms with Crippen molar-refractivity contribution in [3.05, 3.63) is 16.3 Å². The van der Waals surface area contributed by atoms with Crippen molar-refractivity contribution in [2.45, 2.75) is 32.6 Å². The van der Waals surface area contributed by atoms with E-state index in [1.165, 1.54) is 5.01 Å². The molecule has 1 aromatic rings. The Kier molecular flexibility index (Phi) is 6.15. The quantitative estimate of drug-likeness (QED) is 0.778. The summed E-state index contributed by atoms with van der Waals surface area (Å²) in [5, 5.41) is 23.3. The third-order valence-corrected chi connectivity index (χ3v) is 5.30. The Bertz CT molecular complexity index is 552. The molecule has 0 saturated heterocycles. The molecule has 0 aromatic carbocycles. The SMILES string of the molecule is CC1CCC(C(=O)N(c2ccsc2C(=O)O)N(C)CCO)CC1. The maximum atomic E-state index is 13.0. The van der Waals surface area contributed by atoms with Crippen LogP contribution in [0.1, 0.15) is 42.3 Å². The van der Waals surface area contributed by atoms with Gasteiger partial charge in [0, 0.05) is 19.5 Å². The van der Waals surface area contributed by atoms with Crippen LogP contribution in [0.15, 0.2) is 11.4 Å². The van der Waals surface area contributed by atoms with Crippen molar-refractivity contribution in [2.75, 3.05) is 25.2 Å². The minimum Gasteiger partial charge on any atom is -0.477 e. The molecule has 1 amide bonds. The van der Waals surface area contributed by atoms with Crippen LogP contribution in [-0.4, -0.2) is 47.3 Å². The average Bonchev–Trinajstić information content (AvgIpc) is 2.97. The summed E-state index contributed by atoms with van der Waals surface area (Å²) in [5.41, 5.74) is 0.391. The van der Waals surface area contributed by atoms with Gasteiger partial charge in [-0.15, -0.1) is 11.3 Å². The highest BCUT2D eigenvalue weighted by Crippen LogP contribution is 2.33. The fraction of sp³-hybridized carbons (Fsp3) is 0.625. The molecular weight excluding hydrogens is 316 g/mol. The maximum Gasteiger partial charge on any atom is 0.348 e. The summed E-state index contributed by atoms with van der Waals surface area (Å²) in [6.45, 7) is 2.36. The first-order chi connectivity index (χ1) is 11.0. The van der Waals surface area contributed by atoms with Crippen molar-refractivity contribution >= 4 is 28.9 Å². The summed E-state index contributed by atoms with van der Waals surface area (Å²) in [7, 11) is 1.70. The summed E-state index contributed by atoms with van der Waals surface area (Å²) in [6, 6.07) is 1.66. The molecule has 6 nitrogen and oxygen atoms in total. The van der Waals surface area contributed by atoms with E-state index < -0.39 is 5.97 Å². The molecule has 1 saturated carbocycles. The smallest absolute Gasteiger partial charge is 0.348 e. The fourth-order valence-electron chi connectivity index (χ4n) is 3.02. The van der Waals surface area contributed by atoms with Crippen LogP contribution in [-0.2, 0) is 4.79 Å². The van der Waals surface area contributed by atoms with Gasteiger partial charge < -0.3 is 10.2 Å². The standard InChI is InChI=1S/C16H24N2O4S/c1-11-3-5-12(6-4-11)15(20)18(17(2)8-9-19)13-7-10-23-14(13)16(21)22/h7,10-12,19H,3-6,8-9H2,1-2H3,(H,21,22). The first kappa shape index (κ1) is 17.9. The van der Waals surface area contributed by atoms with Gasteiger partial charge in [0.25, 0.3) is 0 Å². The van der Waals surface area contributed by atoms with E-state index in [9.17, 15) is 19.8 Å². The number of carboxylic acids is 1. The Morgan fingerprint density at radius 2 is 1.96 bits per heavy atom. The van der Waals surface area contributed by atoms with Crippen LogP contribution in [0.3, 0.4) is 0 Å². The van der Waals surface area contributed by atoms with Crippen molar-refractivity contribution in [3.8, 4) is 0 Å². The molecule has 2 N–H and O–H groups in total. The highest BCUT2D eigenvalue weighted by molar-refractivity contribution is 7.12. The Hall–Kier alpha value is -1.44. The number of aliphatic hydroxyl groups is 1. The molecule has 1 heterocycles. The number of nitrogens with zero attached hydrogens (tertiary/aromatic N) is 2. The highest BCUT2D eigenvalue weighted by atomic mass is 32.1. The lowest BCUT2D eigenvalue weighted by atomic mass is 9.82. The van der Waals surface area contributed by atoms with Gasteiger partial charge in [-0.25, -0.2) is 14.8 Å². The van der Waals surface area contributed by atoms with E-state index in [4.69, 9.17) is 0 Å². The Labute approximate surface area is 140 Å². The molecule has 1 aliphatic carbocycles. The minimum atomic E-state index is -1.04. The van der Waals surface area contributed by atoms with E-state index in [0.717, 1.165) is 37.0 Å². The zero-order valence-corrected chi connectivity index (χ0v) is 14.4. The number of likely N-dealkylation sites (N-methyl/N-ethyl adjacent to an activating group) is 1. The van der Waals surface area contributed by atoms with Crippen LogP contribution in [0.5, 0.6) is 0 Å². The molecule has 1 fully saturated rings. The van der Waals surface area contributed by atoms with Crippen molar-refractivity contribution in [1.82, 2.24) is 5.01 Å². The van der Waals surface area contributed by atoms with E-state index in [1.807, 2.05) is 0 Å². The molecule has 0 spiro atoms. The van der Waals surface area contributed by atoms with Gasteiger partial charge in [-0.1, -0.05) is 6.92 Å². The number of hydrogen-bond acceptors (Lipinski definition) is 5. The summed E-state index contributed by atoms with van der Waals surface area (Å²) >= 11 is 1.10. The zero-order chi connectivity index (χ0) is 17.0. The number of thiophene rings is 1. The van der Waals surface area contributed by atoms with Crippen LogP contribution in [0.25, 0.3) is 0 Å². The fourth-order valence-corrected chi connectivity index (χ4v) is 3.73. The number of aromatic carboxylic acids is 1. The predicted octanol–water partition coefficient (Wildman–Crippen LogP) is 2.44. The molecular formula is C16H24N2O4S. The summed E-state index contributed by atoms with van der Waals surface area (Å²) in [6.07, 6.45) is 3.69. The molecule has 2 rings (SSSR count). The van der Waals surface area contributed by atoms with E-state index in [-0.39, 0.29) is 29.9 Å². The van der Waals surface area contributed by atoms with E-state index in [0.29, 0.717) is 11.6 Å². The third-order valence-electron chi connectivity index (χ3n) is 4.41. The van der Waals surface area contributed by atoms with Crippen LogP contribution in [0.2, 0.25) is 0 Å². The molecule has 128 valence electrons. The monoisotopic (exact) mass is 340 g/mol. The van der Waals surface area contributed by atoms with Crippen LogP contribution in [0, 0.1) is 11.8 Å². The van der Waals surface area contributed by atoms with Crippen molar-refractivity contribution in [3.63, 3.8) is 0 Å². The molecule has 1 aromatic heterocycles. The van der Waals surface area contributed by atoms with Gasteiger partial charge in [0.05, 0.1) is 12.3 Å². The summed E-state index contributed by atoms with van der Waals surface area (Å²) < 4.78 is 0. The number of anilines is 1. The summed E-state index contributed by atoms with van der Waals surface area (Å²) in [4.78, 5) is 24.6. The van der Waals surface area contributed by atoms with Crippen LogP contribution >= 0.6 is 11.3 Å². The minimum absolute atomic E-state index is 0.0752. The number of carbonyl (C=O) groups excluding carboxylic acids is 1. The number of hydrogen-bond donors (Lipinski definition) is 2. The number of amides is 1. The molecule has 0 unspecified atom stereocenters. The lowest BCUT2D eigenvalue weighted by Crippen LogP contribution is -2.49. The average molecular weight is 340 g/mol. The number of rotatable bonds is 6. The van der Waals surface area contributed by atoms with Gasteiger partial charge in [0.2, 0.25) is 5.91 Å². The molecule has 23 heavy (non-hydrogen) atoms. The molecule has 0 radical (unpaired) electrons. The van der Waals surface area contributed by atoms with E-state index in [2.05, 4.69) is 6.92 Å². The second-order valence-corrected chi connectivity index (χ2v) is 7.07. The first-order valence-corrected chi connectivity index (χ1v) is 8.80. The highest BCUT2D eigenvalue weighted by Gasteiger charge is 2.33. The summed E-state index contributed by atoms with van der Waals surface area (Å²) in [5.74, 6) is -0.566. The van der Waals surface area contributed by atoms with Crippen molar-refractivity contribution < 1.29 is 19.8 Å². The lowest BCUT2D eigenvalue weighted by Gasteiger charge is -2.36.